The summed E-state index contributed by atoms with van der Waals surface area (Å²) < 4.78 is 0. The Labute approximate surface area is 86.3 Å². The first-order chi connectivity index (χ1) is 5.86. The van der Waals surface area contributed by atoms with Crippen LogP contribution in [0.25, 0.3) is 0 Å². The van der Waals surface area contributed by atoms with Crippen molar-refractivity contribution in [3.05, 3.63) is 21.9 Å². The van der Waals surface area contributed by atoms with Crippen molar-refractivity contribution in [3.8, 4) is 0 Å². The Balaban J connectivity index is 2.31. The highest BCUT2D eigenvalue weighted by molar-refractivity contribution is 9.09. The van der Waals surface area contributed by atoms with E-state index in [2.05, 4.69) is 40.3 Å². The maximum Gasteiger partial charge on any atom is 0.0300 e. The SMILES string of the molecule is CCc1ccc(CNCCBr)s1. The molecule has 0 saturated heterocycles. The normalized spacial score (nSPS) is 10.5. The number of hydrogen-bond acceptors (Lipinski definition) is 2. The monoisotopic (exact) mass is 247 g/mol. The van der Waals surface area contributed by atoms with E-state index in [-0.39, 0.29) is 0 Å². The van der Waals surface area contributed by atoms with E-state index < -0.39 is 0 Å². The van der Waals surface area contributed by atoms with Gasteiger partial charge in [0, 0.05) is 28.2 Å². The smallest absolute Gasteiger partial charge is 0.0300 e. The van der Waals surface area contributed by atoms with Crippen molar-refractivity contribution < 1.29 is 0 Å². The maximum atomic E-state index is 3.38. The average molecular weight is 248 g/mol. The number of thiophene rings is 1. The number of halogens is 1. The van der Waals surface area contributed by atoms with Gasteiger partial charge >= 0.3 is 0 Å². The van der Waals surface area contributed by atoms with Crippen LogP contribution in [-0.4, -0.2) is 11.9 Å². The van der Waals surface area contributed by atoms with Crippen molar-refractivity contribution in [2.24, 2.45) is 0 Å². The van der Waals surface area contributed by atoms with Crippen molar-refractivity contribution in [2.75, 3.05) is 11.9 Å². The Morgan fingerprint density at radius 3 is 2.75 bits per heavy atom. The van der Waals surface area contributed by atoms with Gasteiger partial charge in [-0.2, -0.15) is 0 Å². The first-order valence-electron chi connectivity index (χ1n) is 4.21. The van der Waals surface area contributed by atoms with Crippen LogP contribution in [0, 0.1) is 0 Å². The third kappa shape index (κ3) is 3.25. The van der Waals surface area contributed by atoms with Crippen LogP contribution in [0.2, 0.25) is 0 Å². The molecule has 68 valence electrons. The minimum atomic E-state index is 1.01. The summed E-state index contributed by atoms with van der Waals surface area (Å²) in [5.74, 6) is 0. The van der Waals surface area contributed by atoms with E-state index >= 15 is 0 Å². The van der Waals surface area contributed by atoms with Crippen LogP contribution in [0.15, 0.2) is 12.1 Å². The molecular weight excluding hydrogens is 234 g/mol. The van der Waals surface area contributed by atoms with Crippen molar-refractivity contribution in [1.82, 2.24) is 5.32 Å². The molecule has 0 spiro atoms. The molecular formula is C9H14BrNS. The van der Waals surface area contributed by atoms with Gasteiger partial charge in [-0.3, -0.25) is 0 Å². The topological polar surface area (TPSA) is 12.0 Å². The summed E-state index contributed by atoms with van der Waals surface area (Å²) in [6.07, 6.45) is 1.16. The number of hydrogen-bond donors (Lipinski definition) is 1. The molecule has 0 fully saturated rings. The second kappa shape index (κ2) is 5.73. The first kappa shape index (κ1) is 10.2. The predicted octanol–water partition coefficient (Wildman–Crippen LogP) is 2.80. The van der Waals surface area contributed by atoms with Crippen LogP contribution in [-0.2, 0) is 13.0 Å². The van der Waals surface area contributed by atoms with Crippen molar-refractivity contribution in [2.45, 2.75) is 19.9 Å². The third-order valence-electron chi connectivity index (χ3n) is 1.64. The summed E-state index contributed by atoms with van der Waals surface area (Å²) >= 11 is 5.29. The Bertz CT molecular complexity index is 222. The molecule has 0 atom stereocenters. The van der Waals surface area contributed by atoms with E-state index in [9.17, 15) is 0 Å². The Morgan fingerprint density at radius 1 is 1.42 bits per heavy atom. The van der Waals surface area contributed by atoms with E-state index in [0.29, 0.717) is 0 Å². The molecule has 0 aliphatic rings. The van der Waals surface area contributed by atoms with E-state index in [0.717, 1.165) is 24.8 Å². The average Bonchev–Trinajstić information content (AvgIpc) is 2.53. The molecule has 0 radical (unpaired) electrons. The lowest BCUT2D eigenvalue weighted by Crippen LogP contribution is -2.14. The molecule has 1 rings (SSSR count). The van der Waals surface area contributed by atoms with Crippen LogP contribution in [0.4, 0.5) is 0 Å². The maximum absolute atomic E-state index is 3.38. The third-order valence-corrected chi connectivity index (χ3v) is 3.26. The highest BCUT2D eigenvalue weighted by Crippen LogP contribution is 2.16. The zero-order chi connectivity index (χ0) is 8.81. The molecule has 3 heteroatoms. The fraction of sp³-hybridized carbons (Fsp3) is 0.556. The molecule has 1 heterocycles. The van der Waals surface area contributed by atoms with Gasteiger partial charge in [0.15, 0.2) is 0 Å². The molecule has 0 saturated carbocycles. The van der Waals surface area contributed by atoms with Gasteiger partial charge in [-0.15, -0.1) is 11.3 Å². The van der Waals surface area contributed by atoms with E-state index in [1.807, 2.05) is 11.3 Å². The summed E-state index contributed by atoms with van der Waals surface area (Å²) in [5.41, 5.74) is 0. The second-order valence-electron chi connectivity index (χ2n) is 2.59. The quantitative estimate of drug-likeness (QED) is 0.624. The zero-order valence-electron chi connectivity index (χ0n) is 7.27. The Hall–Kier alpha value is 0.140. The lowest BCUT2D eigenvalue weighted by molar-refractivity contribution is 0.743. The first-order valence-corrected chi connectivity index (χ1v) is 6.15. The summed E-state index contributed by atoms with van der Waals surface area (Å²) in [6.45, 7) is 4.25. The molecule has 0 bridgehead atoms. The largest absolute Gasteiger partial charge is 0.311 e. The molecule has 12 heavy (non-hydrogen) atoms. The predicted molar refractivity (Wildman–Crippen MR) is 59.2 cm³/mol. The Morgan fingerprint density at radius 2 is 2.17 bits per heavy atom. The molecule has 0 aliphatic carbocycles. The molecule has 1 N–H and O–H groups in total. The van der Waals surface area contributed by atoms with Crippen LogP contribution in [0.1, 0.15) is 16.7 Å². The lowest BCUT2D eigenvalue weighted by Gasteiger charge is -1.97. The number of aryl methyl sites for hydroxylation is 1. The van der Waals surface area contributed by atoms with Gasteiger partial charge in [-0.05, 0) is 18.6 Å². The minimum absolute atomic E-state index is 1.01. The van der Waals surface area contributed by atoms with Gasteiger partial charge in [-0.25, -0.2) is 0 Å². The molecule has 1 aromatic rings. The summed E-state index contributed by atoms with van der Waals surface area (Å²) in [6, 6.07) is 4.43. The van der Waals surface area contributed by atoms with E-state index in [4.69, 9.17) is 0 Å². The van der Waals surface area contributed by atoms with Crippen LogP contribution in [0.3, 0.4) is 0 Å². The number of alkyl halides is 1. The van der Waals surface area contributed by atoms with E-state index in [1.54, 1.807) is 0 Å². The summed E-state index contributed by atoms with van der Waals surface area (Å²) in [7, 11) is 0. The van der Waals surface area contributed by atoms with Crippen molar-refractivity contribution in [3.63, 3.8) is 0 Å². The molecule has 0 aliphatic heterocycles. The molecule has 0 aromatic carbocycles. The van der Waals surface area contributed by atoms with E-state index in [1.165, 1.54) is 9.75 Å². The molecule has 0 unspecified atom stereocenters. The molecule has 0 amide bonds. The van der Waals surface area contributed by atoms with Gasteiger partial charge in [-0.1, -0.05) is 22.9 Å². The highest BCUT2D eigenvalue weighted by atomic mass is 79.9. The van der Waals surface area contributed by atoms with Gasteiger partial charge in [0.25, 0.3) is 0 Å². The zero-order valence-corrected chi connectivity index (χ0v) is 9.67. The molecule has 1 aromatic heterocycles. The van der Waals surface area contributed by atoms with Crippen molar-refractivity contribution >= 4 is 27.3 Å². The number of nitrogens with one attached hydrogen (secondary N) is 1. The second-order valence-corrected chi connectivity index (χ2v) is 4.63. The Kier molecular flexibility index (Phi) is 4.88. The highest BCUT2D eigenvalue weighted by Gasteiger charge is 1.96. The van der Waals surface area contributed by atoms with Crippen molar-refractivity contribution in [1.29, 1.82) is 0 Å². The van der Waals surface area contributed by atoms with Gasteiger partial charge in [0.05, 0.1) is 0 Å². The minimum Gasteiger partial charge on any atom is -0.311 e. The summed E-state index contributed by atoms with van der Waals surface area (Å²) in [4.78, 5) is 2.92. The summed E-state index contributed by atoms with van der Waals surface area (Å²) in [5, 5.41) is 4.38. The fourth-order valence-electron chi connectivity index (χ4n) is 0.986. The van der Waals surface area contributed by atoms with Gasteiger partial charge in [0.2, 0.25) is 0 Å². The van der Waals surface area contributed by atoms with Crippen LogP contribution < -0.4 is 5.32 Å². The van der Waals surface area contributed by atoms with Crippen LogP contribution >= 0.6 is 27.3 Å². The lowest BCUT2D eigenvalue weighted by atomic mass is 10.3. The number of rotatable bonds is 5. The fourth-order valence-corrected chi connectivity index (χ4v) is 2.19. The van der Waals surface area contributed by atoms with Gasteiger partial charge < -0.3 is 5.32 Å². The van der Waals surface area contributed by atoms with Gasteiger partial charge in [0.1, 0.15) is 0 Å². The molecule has 1 nitrogen and oxygen atoms in total. The van der Waals surface area contributed by atoms with Crippen LogP contribution in [0.5, 0.6) is 0 Å². The standard InChI is InChI=1S/C9H14BrNS/c1-2-8-3-4-9(12-8)7-11-6-5-10/h3-4,11H,2,5-7H2,1H3.